The second-order valence-electron chi connectivity index (χ2n) is 3.86. The summed E-state index contributed by atoms with van der Waals surface area (Å²) in [6.45, 7) is 0.631. The van der Waals surface area contributed by atoms with Crippen LogP contribution >= 0.6 is 28.6 Å². The van der Waals surface area contributed by atoms with E-state index in [1.165, 1.54) is 0 Å². The molecule has 0 saturated carbocycles. The van der Waals surface area contributed by atoms with Crippen molar-refractivity contribution in [3.05, 3.63) is 22.7 Å². The van der Waals surface area contributed by atoms with Crippen molar-refractivity contribution in [2.75, 3.05) is 17.2 Å². The Morgan fingerprint density at radius 3 is 2.94 bits per heavy atom. The van der Waals surface area contributed by atoms with Crippen LogP contribution in [-0.4, -0.2) is 23.3 Å². The van der Waals surface area contributed by atoms with E-state index in [4.69, 9.17) is 0 Å². The predicted molar refractivity (Wildman–Crippen MR) is 70.1 cm³/mol. The highest BCUT2D eigenvalue weighted by Gasteiger charge is 2.31. The number of para-hydroxylation sites is 1. The first-order valence-corrected chi connectivity index (χ1v) is 6.44. The Bertz CT molecular complexity index is 424. The largest absolute Gasteiger partial charge is 0.505 e. The quantitative estimate of drug-likeness (QED) is 0.824. The lowest BCUT2D eigenvalue weighted by Crippen LogP contribution is -2.24. The molecule has 86 valence electrons. The standard InChI is InChI=1S/C11H12BrNO2S/c12-8-2-1-3-9(11(8)15)13-5-7(6-16)4-10(13)14/h1-3,7,15-16H,4-6H2. The maximum atomic E-state index is 11.8. The predicted octanol–water partition coefficient (Wildman–Crippen LogP) is 2.44. The van der Waals surface area contributed by atoms with Crippen LogP contribution in [0, 0.1) is 5.92 Å². The smallest absolute Gasteiger partial charge is 0.227 e. The van der Waals surface area contributed by atoms with E-state index in [0.29, 0.717) is 28.9 Å². The van der Waals surface area contributed by atoms with Gasteiger partial charge in [-0.3, -0.25) is 4.79 Å². The van der Waals surface area contributed by atoms with Gasteiger partial charge >= 0.3 is 0 Å². The van der Waals surface area contributed by atoms with E-state index in [2.05, 4.69) is 28.6 Å². The van der Waals surface area contributed by atoms with E-state index in [1.807, 2.05) is 0 Å². The summed E-state index contributed by atoms with van der Waals surface area (Å²) in [6.07, 6.45) is 0.509. The Labute approximate surface area is 108 Å². The van der Waals surface area contributed by atoms with Crippen molar-refractivity contribution in [3.8, 4) is 5.75 Å². The minimum absolute atomic E-state index is 0.0486. The average molecular weight is 302 g/mol. The molecule has 0 aromatic heterocycles. The van der Waals surface area contributed by atoms with E-state index in [1.54, 1.807) is 23.1 Å². The summed E-state index contributed by atoms with van der Waals surface area (Å²) in [7, 11) is 0. The zero-order valence-corrected chi connectivity index (χ0v) is 11.0. The lowest BCUT2D eigenvalue weighted by atomic mass is 10.1. The molecule has 1 aliphatic heterocycles. The molecule has 1 unspecified atom stereocenters. The van der Waals surface area contributed by atoms with Gasteiger partial charge < -0.3 is 10.0 Å². The molecule has 1 saturated heterocycles. The van der Waals surface area contributed by atoms with Crippen molar-refractivity contribution in [2.45, 2.75) is 6.42 Å². The van der Waals surface area contributed by atoms with Crippen molar-refractivity contribution in [1.29, 1.82) is 0 Å². The van der Waals surface area contributed by atoms with Crippen LogP contribution in [0.5, 0.6) is 5.75 Å². The number of phenolic OH excluding ortho intramolecular Hbond substituents is 1. The van der Waals surface area contributed by atoms with Crippen LogP contribution in [0.15, 0.2) is 22.7 Å². The Hall–Kier alpha value is -0.680. The normalized spacial score (nSPS) is 20.5. The number of carbonyl (C=O) groups is 1. The highest BCUT2D eigenvalue weighted by molar-refractivity contribution is 9.10. The van der Waals surface area contributed by atoms with Gasteiger partial charge in [0.15, 0.2) is 5.75 Å². The third-order valence-electron chi connectivity index (χ3n) is 2.72. The number of hydrogen-bond donors (Lipinski definition) is 2. The van der Waals surface area contributed by atoms with E-state index >= 15 is 0 Å². The molecule has 5 heteroatoms. The maximum Gasteiger partial charge on any atom is 0.227 e. The first-order valence-electron chi connectivity index (χ1n) is 5.02. The van der Waals surface area contributed by atoms with Crippen LogP contribution in [0.3, 0.4) is 0 Å². The fraction of sp³-hybridized carbons (Fsp3) is 0.364. The van der Waals surface area contributed by atoms with Gasteiger partial charge in [-0.25, -0.2) is 0 Å². The molecule has 16 heavy (non-hydrogen) atoms. The monoisotopic (exact) mass is 301 g/mol. The zero-order valence-electron chi connectivity index (χ0n) is 8.56. The fourth-order valence-electron chi connectivity index (χ4n) is 1.86. The maximum absolute atomic E-state index is 11.8. The van der Waals surface area contributed by atoms with Gasteiger partial charge in [0, 0.05) is 13.0 Å². The number of carbonyl (C=O) groups excluding carboxylic acids is 1. The number of halogens is 1. The molecule has 1 aliphatic rings. The summed E-state index contributed by atoms with van der Waals surface area (Å²) in [5, 5.41) is 9.87. The van der Waals surface area contributed by atoms with Crippen molar-refractivity contribution in [3.63, 3.8) is 0 Å². The Morgan fingerprint density at radius 1 is 1.56 bits per heavy atom. The molecular formula is C11H12BrNO2S. The van der Waals surface area contributed by atoms with Crippen LogP contribution < -0.4 is 4.90 Å². The molecule has 1 N–H and O–H groups in total. The van der Waals surface area contributed by atoms with Crippen molar-refractivity contribution in [2.24, 2.45) is 5.92 Å². The minimum atomic E-state index is 0.0486. The molecule has 0 bridgehead atoms. The number of thiol groups is 1. The summed E-state index contributed by atoms with van der Waals surface area (Å²) in [5.41, 5.74) is 0.573. The lowest BCUT2D eigenvalue weighted by molar-refractivity contribution is -0.117. The highest BCUT2D eigenvalue weighted by Crippen LogP contribution is 2.37. The number of nitrogens with zero attached hydrogens (tertiary/aromatic N) is 1. The van der Waals surface area contributed by atoms with Gasteiger partial charge in [0.1, 0.15) is 0 Å². The van der Waals surface area contributed by atoms with Crippen molar-refractivity contribution < 1.29 is 9.90 Å². The van der Waals surface area contributed by atoms with Gasteiger partial charge in [-0.2, -0.15) is 12.6 Å². The number of phenols is 1. The third kappa shape index (κ3) is 2.06. The average Bonchev–Trinajstić information content (AvgIpc) is 2.64. The van der Waals surface area contributed by atoms with Crippen LogP contribution in [0.4, 0.5) is 5.69 Å². The topological polar surface area (TPSA) is 40.5 Å². The number of aromatic hydroxyl groups is 1. The second kappa shape index (κ2) is 4.67. The van der Waals surface area contributed by atoms with Gasteiger partial charge in [-0.15, -0.1) is 0 Å². The Kier molecular flexibility index (Phi) is 3.44. The van der Waals surface area contributed by atoms with Crippen LogP contribution in [0.2, 0.25) is 0 Å². The molecule has 1 aromatic carbocycles. The third-order valence-corrected chi connectivity index (χ3v) is 3.88. The van der Waals surface area contributed by atoms with E-state index in [-0.39, 0.29) is 17.6 Å². The summed E-state index contributed by atoms with van der Waals surface area (Å²) in [6, 6.07) is 5.30. The Balaban J connectivity index is 2.31. The molecule has 0 radical (unpaired) electrons. The van der Waals surface area contributed by atoms with Crippen molar-refractivity contribution in [1.82, 2.24) is 0 Å². The highest BCUT2D eigenvalue weighted by atomic mass is 79.9. The zero-order chi connectivity index (χ0) is 11.7. The molecular weight excluding hydrogens is 290 g/mol. The number of anilines is 1. The van der Waals surface area contributed by atoms with Gasteiger partial charge in [0.25, 0.3) is 0 Å². The molecule has 0 spiro atoms. The molecule has 1 amide bonds. The number of amides is 1. The molecule has 0 aliphatic carbocycles. The van der Waals surface area contributed by atoms with Crippen LogP contribution in [0.1, 0.15) is 6.42 Å². The summed E-state index contributed by atoms with van der Waals surface area (Å²) < 4.78 is 0.604. The minimum Gasteiger partial charge on any atom is -0.505 e. The number of benzene rings is 1. The Morgan fingerprint density at radius 2 is 2.31 bits per heavy atom. The van der Waals surface area contributed by atoms with E-state index in [9.17, 15) is 9.90 Å². The molecule has 1 heterocycles. The van der Waals surface area contributed by atoms with Crippen LogP contribution in [0.25, 0.3) is 0 Å². The molecule has 3 nitrogen and oxygen atoms in total. The lowest BCUT2D eigenvalue weighted by Gasteiger charge is -2.18. The fourth-order valence-corrected chi connectivity index (χ4v) is 2.46. The van der Waals surface area contributed by atoms with Gasteiger partial charge in [-0.1, -0.05) is 6.07 Å². The number of rotatable bonds is 2. The first kappa shape index (κ1) is 11.8. The second-order valence-corrected chi connectivity index (χ2v) is 5.08. The van der Waals surface area contributed by atoms with Crippen LogP contribution in [-0.2, 0) is 4.79 Å². The van der Waals surface area contributed by atoms with E-state index in [0.717, 1.165) is 0 Å². The van der Waals surface area contributed by atoms with Gasteiger partial charge in [0.05, 0.1) is 10.2 Å². The molecule has 1 fully saturated rings. The summed E-state index contributed by atoms with van der Waals surface area (Å²) in [5.74, 6) is 1.13. The molecule has 2 rings (SSSR count). The first-order chi connectivity index (χ1) is 7.63. The SMILES string of the molecule is O=C1CC(CS)CN1c1cccc(Br)c1O. The van der Waals surface area contributed by atoms with Gasteiger partial charge in [0.2, 0.25) is 5.91 Å². The summed E-state index contributed by atoms with van der Waals surface area (Å²) in [4.78, 5) is 13.4. The summed E-state index contributed by atoms with van der Waals surface area (Å²) >= 11 is 7.45. The van der Waals surface area contributed by atoms with Gasteiger partial charge in [-0.05, 0) is 39.7 Å². The van der Waals surface area contributed by atoms with E-state index < -0.39 is 0 Å². The van der Waals surface area contributed by atoms with Crippen molar-refractivity contribution >= 4 is 40.2 Å². The number of hydrogen-bond acceptors (Lipinski definition) is 3. The molecule has 1 atom stereocenters. The molecule has 1 aromatic rings.